The smallest absolute Gasteiger partial charge is 0.279 e. The van der Waals surface area contributed by atoms with Crippen molar-refractivity contribution < 1.29 is 13.2 Å². The summed E-state index contributed by atoms with van der Waals surface area (Å²) in [6.45, 7) is 3.52. The zero-order valence-electron chi connectivity index (χ0n) is 13.0. The van der Waals surface area contributed by atoms with Gasteiger partial charge in [0.2, 0.25) is 0 Å². The van der Waals surface area contributed by atoms with Gasteiger partial charge in [0.25, 0.3) is 10.2 Å². The van der Waals surface area contributed by atoms with Crippen LogP contribution in [0.4, 0.5) is 0 Å². The Balaban J connectivity index is 1.69. The summed E-state index contributed by atoms with van der Waals surface area (Å²) in [7, 11) is -1.37. The molecule has 2 aliphatic heterocycles. The molecule has 1 atom stereocenters. The van der Waals surface area contributed by atoms with Crippen LogP contribution in [-0.2, 0) is 14.9 Å². The second kappa shape index (κ2) is 8.43. The first-order valence-electron chi connectivity index (χ1n) is 8.13. The molecule has 1 unspecified atom stereocenters. The molecule has 6 nitrogen and oxygen atoms in total. The van der Waals surface area contributed by atoms with Crippen molar-refractivity contribution in [2.75, 3.05) is 39.8 Å². The van der Waals surface area contributed by atoms with Crippen LogP contribution in [0, 0.1) is 5.92 Å². The number of nitrogens with zero attached hydrogens (tertiary/aromatic N) is 1. The number of piperidine rings is 1. The van der Waals surface area contributed by atoms with Gasteiger partial charge in [0.15, 0.2) is 0 Å². The first-order valence-corrected chi connectivity index (χ1v) is 9.57. The minimum Gasteiger partial charge on any atom is -0.378 e. The highest BCUT2D eigenvalue weighted by molar-refractivity contribution is 7.87. The van der Waals surface area contributed by atoms with E-state index in [1.54, 1.807) is 4.31 Å². The summed E-state index contributed by atoms with van der Waals surface area (Å²) in [4.78, 5) is 0. The van der Waals surface area contributed by atoms with Crippen LogP contribution in [0.3, 0.4) is 0 Å². The molecular formula is C14H29N3O3S. The first kappa shape index (κ1) is 17.1. The van der Waals surface area contributed by atoms with E-state index in [1.807, 2.05) is 7.05 Å². The zero-order valence-corrected chi connectivity index (χ0v) is 13.8. The summed E-state index contributed by atoms with van der Waals surface area (Å²) in [5.74, 6) is 0.595. The Morgan fingerprint density at radius 2 is 1.95 bits per heavy atom. The molecule has 0 aromatic heterocycles. The van der Waals surface area contributed by atoms with E-state index < -0.39 is 10.2 Å². The summed E-state index contributed by atoms with van der Waals surface area (Å²) < 4.78 is 34.4. The highest BCUT2D eigenvalue weighted by Gasteiger charge is 2.27. The van der Waals surface area contributed by atoms with Crippen molar-refractivity contribution in [3.8, 4) is 0 Å². The second-order valence-electron chi connectivity index (χ2n) is 6.08. The molecule has 0 amide bonds. The minimum absolute atomic E-state index is 0.225. The van der Waals surface area contributed by atoms with E-state index in [2.05, 4.69) is 10.0 Å². The molecule has 0 bridgehead atoms. The quantitative estimate of drug-likeness (QED) is 0.725. The molecule has 0 spiro atoms. The molecular weight excluding hydrogens is 290 g/mol. The lowest BCUT2D eigenvalue weighted by Gasteiger charge is -2.31. The minimum atomic E-state index is -3.32. The molecule has 0 saturated carbocycles. The highest BCUT2D eigenvalue weighted by atomic mass is 32.2. The predicted molar refractivity (Wildman–Crippen MR) is 83.4 cm³/mol. The summed E-state index contributed by atoms with van der Waals surface area (Å²) in [6.07, 6.45) is 6.25. The topological polar surface area (TPSA) is 70.7 Å². The molecule has 2 N–H and O–H groups in total. The van der Waals surface area contributed by atoms with Gasteiger partial charge < -0.3 is 10.1 Å². The number of nitrogens with one attached hydrogen (secondary N) is 2. The van der Waals surface area contributed by atoms with Crippen molar-refractivity contribution in [1.29, 1.82) is 0 Å². The molecule has 124 valence electrons. The Kier molecular flexibility index (Phi) is 6.88. The molecule has 0 aliphatic carbocycles. The fourth-order valence-corrected chi connectivity index (χ4v) is 4.37. The van der Waals surface area contributed by atoms with Crippen molar-refractivity contribution in [1.82, 2.24) is 14.3 Å². The number of hydrogen-bond acceptors (Lipinski definition) is 4. The molecule has 0 radical (unpaired) electrons. The summed E-state index contributed by atoms with van der Waals surface area (Å²) >= 11 is 0. The Bertz CT molecular complexity index is 388. The fraction of sp³-hybridized carbons (Fsp3) is 1.00. The van der Waals surface area contributed by atoms with Crippen LogP contribution in [0.2, 0.25) is 0 Å². The van der Waals surface area contributed by atoms with Gasteiger partial charge in [-0.15, -0.1) is 0 Å². The lowest BCUT2D eigenvalue weighted by Crippen LogP contribution is -2.46. The third-order valence-electron chi connectivity index (χ3n) is 4.43. The Labute approximate surface area is 128 Å². The Morgan fingerprint density at radius 3 is 2.57 bits per heavy atom. The largest absolute Gasteiger partial charge is 0.378 e. The van der Waals surface area contributed by atoms with Gasteiger partial charge in [-0.25, -0.2) is 4.72 Å². The highest BCUT2D eigenvalue weighted by Crippen LogP contribution is 2.19. The van der Waals surface area contributed by atoms with Gasteiger partial charge in [-0.3, -0.25) is 0 Å². The van der Waals surface area contributed by atoms with Gasteiger partial charge in [-0.2, -0.15) is 12.7 Å². The van der Waals surface area contributed by atoms with E-state index >= 15 is 0 Å². The van der Waals surface area contributed by atoms with Gasteiger partial charge in [-0.05, 0) is 58.0 Å². The number of hydrogen-bond donors (Lipinski definition) is 2. The number of ether oxygens (including phenoxy) is 1. The SMILES string of the molecule is CNCC1CCN(S(=O)(=O)NCCC2CCCCO2)CC1. The molecule has 21 heavy (non-hydrogen) atoms. The molecule has 2 aliphatic rings. The maximum absolute atomic E-state index is 12.3. The standard InChI is InChI=1S/C14H29N3O3S/c1-15-12-13-6-9-17(10-7-13)21(18,19)16-8-5-14-4-2-3-11-20-14/h13-16H,2-12H2,1H3. The van der Waals surface area contributed by atoms with Gasteiger partial charge in [0.05, 0.1) is 6.10 Å². The zero-order chi connectivity index (χ0) is 15.1. The van der Waals surface area contributed by atoms with E-state index in [0.717, 1.165) is 45.3 Å². The van der Waals surface area contributed by atoms with Crippen LogP contribution in [0.5, 0.6) is 0 Å². The fourth-order valence-electron chi connectivity index (χ4n) is 3.12. The maximum atomic E-state index is 12.3. The maximum Gasteiger partial charge on any atom is 0.279 e. The van der Waals surface area contributed by atoms with Crippen molar-refractivity contribution in [2.24, 2.45) is 5.92 Å². The summed E-state index contributed by atoms with van der Waals surface area (Å²) in [5, 5.41) is 3.16. The van der Waals surface area contributed by atoms with Crippen LogP contribution >= 0.6 is 0 Å². The molecule has 2 fully saturated rings. The van der Waals surface area contributed by atoms with Crippen LogP contribution in [0.1, 0.15) is 38.5 Å². The molecule has 2 heterocycles. The Hall–Kier alpha value is -0.210. The van der Waals surface area contributed by atoms with E-state index in [4.69, 9.17) is 4.74 Å². The predicted octanol–water partition coefficient (Wildman–Crippen LogP) is 0.711. The van der Waals surface area contributed by atoms with Crippen LogP contribution in [0.25, 0.3) is 0 Å². The number of rotatable bonds is 7. The van der Waals surface area contributed by atoms with E-state index in [0.29, 0.717) is 25.6 Å². The molecule has 2 saturated heterocycles. The third-order valence-corrected chi connectivity index (χ3v) is 6.04. The van der Waals surface area contributed by atoms with E-state index in [1.165, 1.54) is 6.42 Å². The van der Waals surface area contributed by atoms with E-state index in [-0.39, 0.29) is 6.10 Å². The lowest BCUT2D eigenvalue weighted by atomic mass is 9.98. The average Bonchev–Trinajstić information content (AvgIpc) is 2.49. The third kappa shape index (κ3) is 5.49. The van der Waals surface area contributed by atoms with Crippen molar-refractivity contribution >= 4 is 10.2 Å². The van der Waals surface area contributed by atoms with Gasteiger partial charge in [-0.1, -0.05) is 0 Å². The molecule has 2 rings (SSSR count). The second-order valence-corrected chi connectivity index (χ2v) is 7.83. The van der Waals surface area contributed by atoms with Crippen LogP contribution < -0.4 is 10.0 Å². The van der Waals surface area contributed by atoms with Crippen molar-refractivity contribution in [3.63, 3.8) is 0 Å². The summed E-state index contributed by atoms with van der Waals surface area (Å²) in [6, 6.07) is 0. The van der Waals surface area contributed by atoms with Crippen molar-refractivity contribution in [2.45, 2.75) is 44.6 Å². The van der Waals surface area contributed by atoms with Gasteiger partial charge in [0.1, 0.15) is 0 Å². The Morgan fingerprint density at radius 1 is 1.19 bits per heavy atom. The van der Waals surface area contributed by atoms with Crippen LogP contribution in [-0.4, -0.2) is 58.7 Å². The normalized spacial score (nSPS) is 26.0. The molecule has 0 aromatic carbocycles. The average molecular weight is 319 g/mol. The lowest BCUT2D eigenvalue weighted by molar-refractivity contribution is 0.0123. The molecule has 7 heteroatoms. The van der Waals surface area contributed by atoms with Gasteiger partial charge in [0, 0.05) is 26.2 Å². The first-order chi connectivity index (χ1) is 10.1. The van der Waals surface area contributed by atoms with E-state index in [9.17, 15) is 8.42 Å². The van der Waals surface area contributed by atoms with Gasteiger partial charge >= 0.3 is 0 Å². The summed E-state index contributed by atoms with van der Waals surface area (Å²) in [5.41, 5.74) is 0. The van der Waals surface area contributed by atoms with Crippen molar-refractivity contribution in [3.05, 3.63) is 0 Å². The monoisotopic (exact) mass is 319 g/mol. The van der Waals surface area contributed by atoms with Crippen LogP contribution in [0.15, 0.2) is 0 Å². The molecule has 0 aromatic rings.